The first-order valence-electron chi connectivity index (χ1n) is 2.99. The Morgan fingerprint density at radius 1 is 1.64 bits per heavy atom. The SMILES string of the molecule is Nn1cnc2ccsc2c1=O. The van der Waals surface area contributed by atoms with Crippen molar-refractivity contribution in [2.24, 2.45) is 0 Å². The number of hydrogen-bond acceptors (Lipinski definition) is 4. The number of thiophene rings is 1. The molecule has 2 N–H and O–H groups in total. The Hall–Kier alpha value is -1.36. The van der Waals surface area contributed by atoms with Crippen molar-refractivity contribution in [1.29, 1.82) is 0 Å². The summed E-state index contributed by atoms with van der Waals surface area (Å²) in [6.45, 7) is 0. The van der Waals surface area contributed by atoms with Crippen LogP contribution in [0, 0.1) is 0 Å². The van der Waals surface area contributed by atoms with E-state index in [4.69, 9.17) is 5.84 Å². The summed E-state index contributed by atoms with van der Waals surface area (Å²) in [6, 6.07) is 1.79. The Labute approximate surface area is 65.9 Å². The summed E-state index contributed by atoms with van der Waals surface area (Å²) in [5, 5.41) is 1.82. The van der Waals surface area contributed by atoms with Gasteiger partial charge in [-0.1, -0.05) is 0 Å². The van der Waals surface area contributed by atoms with Crippen LogP contribution in [0.3, 0.4) is 0 Å². The van der Waals surface area contributed by atoms with E-state index in [9.17, 15) is 4.79 Å². The summed E-state index contributed by atoms with van der Waals surface area (Å²) in [7, 11) is 0. The Balaban J connectivity index is 3.05. The topological polar surface area (TPSA) is 60.9 Å². The lowest BCUT2D eigenvalue weighted by Crippen LogP contribution is -2.26. The molecule has 0 aromatic carbocycles. The van der Waals surface area contributed by atoms with Crippen molar-refractivity contribution < 1.29 is 0 Å². The lowest BCUT2D eigenvalue weighted by molar-refractivity contribution is 0.917. The van der Waals surface area contributed by atoms with Gasteiger partial charge in [-0.3, -0.25) is 4.79 Å². The molecule has 0 aliphatic heterocycles. The predicted octanol–water partition coefficient (Wildman–Crippen LogP) is 0.172. The molecule has 0 aliphatic carbocycles. The average Bonchev–Trinajstić information content (AvgIpc) is 2.45. The summed E-state index contributed by atoms with van der Waals surface area (Å²) in [6.07, 6.45) is 1.32. The molecule has 0 atom stereocenters. The third-order valence-corrected chi connectivity index (χ3v) is 2.29. The first-order valence-corrected chi connectivity index (χ1v) is 3.87. The fraction of sp³-hybridized carbons (Fsp3) is 0. The number of nitrogen functional groups attached to an aromatic ring is 1. The molecule has 56 valence electrons. The van der Waals surface area contributed by atoms with Crippen LogP contribution in [-0.2, 0) is 0 Å². The molecule has 5 heteroatoms. The Morgan fingerprint density at radius 3 is 3.27 bits per heavy atom. The van der Waals surface area contributed by atoms with Gasteiger partial charge in [-0.05, 0) is 11.4 Å². The number of nitrogens with zero attached hydrogens (tertiary/aromatic N) is 2. The van der Waals surface area contributed by atoms with E-state index in [1.807, 2.05) is 5.38 Å². The van der Waals surface area contributed by atoms with E-state index in [2.05, 4.69) is 4.98 Å². The predicted molar refractivity (Wildman–Crippen MR) is 44.0 cm³/mol. The Kier molecular flexibility index (Phi) is 1.19. The molecule has 2 rings (SSSR count). The van der Waals surface area contributed by atoms with Gasteiger partial charge in [0, 0.05) is 0 Å². The first kappa shape index (κ1) is 6.36. The number of fused-ring (bicyclic) bond motifs is 1. The van der Waals surface area contributed by atoms with Crippen LogP contribution in [0.1, 0.15) is 0 Å². The molecule has 2 heterocycles. The van der Waals surface area contributed by atoms with Gasteiger partial charge in [-0.25, -0.2) is 9.66 Å². The highest BCUT2D eigenvalue weighted by Crippen LogP contribution is 2.12. The quantitative estimate of drug-likeness (QED) is 0.569. The minimum absolute atomic E-state index is 0.190. The van der Waals surface area contributed by atoms with Crippen molar-refractivity contribution in [3.05, 3.63) is 28.1 Å². The average molecular weight is 167 g/mol. The zero-order valence-electron chi connectivity index (χ0n) is 5.52. The molecule has 2 aromatic heterocycles. The third-order valence-electron chi connectivity index (χ3n) is 1.39. The molecule has 0 radical (unpaired) electrons. The molecule has 0 spiro atoms. The number of nitrogens with two attached hydrogens (primary N) is 1. The standard InChI is InChI=1S/C6H5N3OS/c7-9-3-8-4-1-2-11-5(4)6(9)10/h1-3H,7H2. The van der Waals surface area contributed by atoms with Gasteiger partial charge in [-0.15, -0.1) is 11.3 Å². The number of aromatic nitrogens is 2. The normalized spacial score (nSPS) is 10.5. The van der Waals surface area contributed by atoms with E-state index < -0.39 is 0 Å². The monoisotopic (exact) mass is 167 g/mol. The fourth-order valence-corrected chi connectivity index (χ4v) is 1.64. The van der Waals surface area contributed by atoms with Gasteiger partial charge >= 0.3 is 0 Å². The zero-order chi connectivity index (χ0) is 7.84. The van der Waals surface area contributed by atoms with Crippen molar-refractivity contribution in [2.75, 3.05) is 5.84 Å². The van der Waals surface area contributed by atoms with Gasteiger partial charge < -0.3 is 5.84 Å². The molecule has 4 nitrogen and oxygen atoms in total. The van der Waals surface area contributed by atoms with Crippen molar-refractivity contribution in [3.63, 3.8) is 0 Å². The van der Waals surface area contributed by atoms with Crippen LogP contribution in [0.4, 0.5) is 0 Å². The highest BCUT2D eigenvalue weighted by Gasteiger charge is 2.01. The smallest absolute Gasteiger partial charge is 0.289 e. The van der Waals surface area contributed by atoms with E-state index in [1.54, 1.807) is 6.07 Å². The largest absolute Gasteiger partial charge is 0.335 e. The second-order valence-corrected chi connectivity index (χ2v) is 3.01. The maximum atomic E-state index is 11.2. The van der Waals surface area contributed by atoms with Gasteiger partial charge in [0.15, 0.2) is 0 Å². The van der Waals surface area contributed by atoms with Crippen LogP contribution in [0.5, 0.6) is 0 Å². The van der Waals surface area contributed by atoms with Crippen LogP contribution in [0.2, 0.25) is 0 Å². The molecule has 0 amide bonds. The lowest BCUT2D eigenvalue weighted by Gasteiger charge is -1.93. The van der Waals surface area contributed by atoms with Gasteiger partial charge in [0.05, 0.1) is 5.52 Å². The van der Waals surface area contributed by atoms with Crippen molar-refractivity contribution in [2.45, 2.75) is 0 Å². The minimum Gasteiger partial charge on any atom is -0.335 e. The summed E-state index contributed by atoms with van der Waals surface area (Å²) < 4.78 is 1.59. The maximum Gasteiger partial charge on any atom is 0.289 e. The first-order chi connectivity index (χ1) is 5.29. The van der Waals surface area contributed by atoms with Gasteiger partial charge in [0.25, 0.3) is 5.56 Å². The summed E-state index contributed by atoms with van der Waals surface area (Å²) in [4.78, 5) is 15.1. The Morgan fingerprint density at radius 2 is 2.45 bits per heavy atom. The van der Waals surface area contributed by atoms with Gasteiger partial charge in [0.1, 0.15) is 11.0 Å². The van der Waals surface area contributed by atoms with E-state index in [0.29, 0.717) is 10.2 Å². The number of hydrogen-bond donors (Lipinski definition) is 1. The number of rotatable bonds is 0. The van der Waals surface area contributed by atoms with Gasteiger partial charge in [0.2, 0.25) is 0 Å². The van der Waals surface area contributed by atoms with Crippen LogP contribution in [-0.4, -0.2) is 9.66 Å². The van der Waals surface area contributed by atoms with Crippen LogP contribution >= 0.6 is 11.3 Å². The zero-order valence-corrected chi connectivity index (χ0v) is 6.34. The molecule has 0 unspecified atom stereocenters. The van der Waals surface area contributed by atoms with Crippen molar-refractivity contribution >= 4 is 21.6 Å². The highest BCUT2D eigenvalue weighted by atomic mass is 32.1. The van der Waals surface area contributed by atoms with Crippen LogP contribution in [0.25, 0.3) is 10.2 Å². The Bertz CT molecular complexity index is 444. The molecule has 0 bridgehead atoms. The molecule has 2 aromatic rings. The van der Waals surface area contributed by atoms with Crippen molar-refractivity contribution in [1.82, 2.24) is 9.66 Å². The fourth-order valence-electron chi connectivity index (χ4n) is 0.858. The molecular formula is C6H5N3OS. The van der Waals surface area contributed by atoms with E-state index >= 15 is 0 Å². The molecule has 0 aliphatic rings. The molecule has 11 heavy (non-hydrogen) atoms. The highest BCUT2D eigenvalue weighted by molar-refractivity contribution is 7.17. The van der Waals surface area contributed by atoms with E-state index in [-0.39, 0.29) is 5.56 Å². The second-order valence-electron chi connectivity index (χ2n) is 2.09. The maximum absolute atomic E-state index is 11.2. The van der Waals surface area contributed by atoms with Crippen molar-refractivity contribution in [3.8, 4) is 0 Å². The molecular weight excluding hydrogens is 162 g/mol. The van der Waals surface area contributed by atoms with Gasteiger partial charge in [-0.2, -0.15) is 0 Å². The van der Waals surface area contributed by atoms with E-state index in [1.165, 1.54) is 17.7 Å². The summed E-state index contributed by atoms with van der Waals surface area (Å²) in [5.41, 5.74) is 0.520. The second kappa shape index (κ2) is 2.06. The summed E-state index contributed by atoms with van der Waals surface area (Å²) >= 11 is 1.35. The lowest BCUT2D eigenvalue weighted by atomic mass is 10.5. The van der Waals surface area contributed by atoms with Crippen LogP contribution in [0.15, 0.2) is 22.6 Å². The molecule has 0 saturated carbocycles. The summed E-state index contributed by atoms with van der Waals surface area (Å²) in [5.74, 6) is 5.29. The minimum atomic E-state index is -0.190. The third kappa shape index (κ3) is 0.813. The molecule has 0 fully saturated rings. The van der Waals surface area contributed by atoms with Crippen LogP contribution < -0.4 is 11.4 Å². The van der Waals surface area contributed by atoms with E-state index in [0.717, 1.165) is 4.68 Å². The molecule has 0 saturated heterocycles.